The van der Waals surface area contributed by atoms with Crippen LogP contribution in [0.1, 0.15) is 32.1 Å². The summed E-state index contributed by atoms with van der Waals surface area (Å²) in [5.74, 6) is -0.789. The number of aromatic nitrogens is 4. The molecular weight excluding hydrogens is 450 g/mol. The Bertz CT molecular complexity index is 1400. The van der Waals surface area contributed by atoms with Gasteiger partial charge in [-0.05, 0) is 29.2 Å². The molecule has 1 saturated heterocycles. The predicted molar refractivity (Wildman–Crippen MR) is 127 cm³/mol. The molecule has 1 fully saturated rings. The van der Waals surface area contributed by atoms with Gasteiger partial charge in [-0.1, -0.05) is 42.5 Å². The summed E-state index contributed by atoms with van der Waals surface area (Å²) in [6.45, 7) is 2.62. The first-order valence-corrected chi connectivity index (χ1v) is 11.3. The van der Waals surface area contributed by atoms with Crippen molar-refractivity contribution in [3.63, 3.8) is 0 Å². The van der Waals surface area contributed by atoms with Crippen molar-refractivity contribution in [2.75, 3.05) is 5.73 Å². The van der Waals surface area contributed by atoms with E-state index in [-0.39, 0.29) is 5.82 Å². The maximum absolute atomic E-state index is 12.0. The van der Waals surface area contributed by atoms with Gasteiger partial charge in [0.2, 0.25) is 0 Å². The average Bonchev–Trinajstić information content (AvgIpc) is 3.40. The monoisotopic (exact) mass is 475 g/mol. The van der Waals surface area contributed by atoms with Crippen molar-refractivity contribution in [1.82, 2.24) is 19.5 Å². The Balaban J connectivity index is 1.49. The fourth-order valence-corrected chi connectivity index (χ4v) is 4.68. The summed E-state index contributed by atoms with van der Waals surface area (Å²) in [5, 5.41) is 2.30. The van der Waals surface area contributed by atoms with E-state index in [1.54, 1.807) is 4.57 Å². The normalized spacial score (nSPS) is 21.9. The summed E-state index contributed by atoms with van der Waals surface area (Å²) in [6, 6.07) is 14.3. The molecule has 3 heterocycles. The molecule has 180 valence electrons. The molecule has 35 heavy (non-hydrogen) atoms. The van der Waals surface area contributed by atoms with Crippen LogP contribution in [-0.2, 0) is 30.2 Å². The number of anilines is 1. The van der Waals surface area contributed by atoms with E-state index in [0.717, 1.165) is 16.3 Å². The van der Waals surface area contributed by atoms with Gasteiger partial charge < -0.3 is 19.9 Å². The minimum Gasteiger partial charge on any atom is -0.456 e. The molecule has 2 aromatic carbocycles. The van der Waals surface area contributed by atoms with Crippen molar-refractivity contribution in [3.8, 4) is 0 Å². The third-order valence-electron chi connectivity index (χ3n) is 6.13. The first-order valence-electron chi connectivity index (χ1n) is 11.3. The fourth-order valence-electron chi connectivity index (χ4n) is 4.68. The van der Waals surface area contributed by atoms with Crippen molar-refractivity contribution < 1.29 is 23.8 Å². The van der Waals surface area contributed by atoms with Crippen LogP contribution in [0.5, 0.6) is 0 Å². The molecule has 0 spiro atoms. The van der Waals surface area contributed by atoms with E-state index >= 15 is 0 Å². The van der Waals surface area contributed by atoms with Crippen LogP contribution >= 0.6 is 0 Å². The van der Waals surface area contributed by atoms with Crippen molar-refractivity contribution in [3.05, 3.63) is 60.7 Å². The molecule has 0 bridgehead atoms. The zero-order valence-corrected chi connectivity index (χ0v) is 19.3. The maximum Gasteiger partial charge on any atom is 0.303 e. The van der Waals surface area contributed by atoms with E-state index < -0.39 is 36.5 Å². The zero-order chi connectivity index (χ0) is 24.5. The van der Waals surface area contributed by atoms with E-state index in [1.165, 1.54) is 26.5 Å². The Labute approximate surface area is 201 Å². The van der Waals surface area contributed by atoms with Gasteiger partial charge in [-0.25, -0.2) is 15.0 Å². The number of hydrogen-bond donors (Lipinski definition) is 1. The lowest BCUT2D eigenvalue weighted by molar-refractivity contribution is -0.165. The van der Waals surface area contributed by atoms with Crippen molar-refractivity contribution in [1.29, 1.82) is 0 Å². The summed E-state index contributed by atoms with van der Waals surface area (Å²) in [7, 11) is 0. The van der Waals surface area contributed by atoms with Gasteiger partial charge in [0.25, 0.3) is 0 Å². The summed E-state index contributed by atoms with van der Waals surface area (Å²) >= 11 is 0. The van der Waals surface area contributed by atoms with Crippen LogP contribution in [0.4, 0.5) is 5.82 Å². The third-order valence-corrected chi connectivity index (χ3v) is 6.13. The van der Waals surface area contributed by atoms with Gasteiger partial charge in [0.1, 0.15) is 17.9 Å². The second kappa shape index (κ2) is 9.30. The molecule has 0 unspecified atom stereocenters. The molecular formula is C25H25N5O5. The molecule has 2 aromatic heterocycles. The lowest BCUT2D eigenvalue weighted by Crippen LogP contribution is -2.39. The third kappa shape index (κ3) is 4.40. The number of carbonyl (C=O) groups is 2. The maximum atomic E-state index is 12.0. The summed E-state index contributed by atoms with van der Waals surface area (Å²) in [5.41, 5.74) is 7.92. The number of fused-ring (bicyclic) bond motifs is 2. The minimum absolute atomic E-state index is 0.222. The van der Waals surface area contributed by atoms with Crippen LogP contribution in [0, 0.1) is 0 Å². The second-order valence-electron chi connectivity index (χ2n) is 8.47. The SMILES string of the molecule is CC(=O)O[C@@H]1[C@H](OC(C)=O)[C@@H](CCc2cccc3ccccc23)O[C@H]1n1cnc2c(N)ncnc21. The number of nitrogens with two attached hydrogens (primary N) is 1. The Hall–Kier alpha value is -4.05. The molecule has 4 aromatic rings. The number of carbonyl (C=O) groups excluding carboxylic acids is 2. The molecule has 10 nitrogen and oxygen atoms in total. The molecule has 5 rings (SSSR count). The van der Waals surface area contributed by atoms with Crippen molar-refractivity contribution >= 4 is 39.7 Å². The van der Waals surface area contributed by atoms with Gasteiger partial charge in [0.15, 0.2) is 29.9 Å². The molecule has 0 saturated carbocycles. The number of ether oxygens (including phenoxy) is 3. The highest BCUT2D eigenvalue weighted by Crippen LogP contribution is 2.38. The van der Waals surface area contributed by atoms with Gasteiger partial charge >= 0.3 is 11.9 Å². The Morgan fingerprint density at radius 3 is 2.54 bits per heavy atom. The predicted octanol–water partition coefficient (Wildman–Crippen LogP) is 2.96. The highest BCUT2D eigenvalue weighted by molar-refractivity contribution is 5.85. The fraction of sp³-hybridized carbons (Fsp3) is 0.320. The quantitative estimate of drug-likeness (QED) is 0.418. The molecule has 0 amide bonds. The van der Waals surface area contributed by atoms with Gasteiger partial charge in [0, 0.05) is 13.8 Å². The van der Waals surface area contributed by atoms with Crippen LogP contribution in [0.3, 0.4) is 0 Å². The van der Waals surface area contributed by atoms with E-state index in [0.29, 0.717) is 24.0 Å². The van der Waals surface area contributed by atoms with E-state index in [1.807, 2.05) is 18.2 Å². The standard InChI is InChI=1S/C25H25N5O5/c1-14(31)33-21-19(11-10-17-8-5-7-16-6-3-4-9-18(16)17)35-25(22(21)34-15(2)32)30-13-29-20-23(26)27-12-28-24(20)30/h3-9,12-13,19,21-22,25H,10-11H2,1-2H3,(H2,26,27,28)/t19-,21-,22-,25-/m1/s1. The van der Waals surface area contributed by atoms with Crippen LogP contribution in [0.25, 0.3) is 21.9 Å². The number of nitrogen functional groups attached to an aromatic ring is 1. The summed E-state index contributed by atoms with van der Waals surface area (Å²) in [4.78, 5) is 36.6. The average molecular weight is 476 g/mol. The summed E-state index contributed by atoms with van der Waals surface area (Å²) < 4.78 is 19.3. The van der Waals surface area contributed by atoms with E-state index in [2.05, 4.69) is 39.2 Å². The Morgan fingerprint density at radius 2 is 1.74 bits per heavy atom. The van der Waals surface area contributed by atoms with Gasteiger partial charge in [-0.3, -0.25) is 14.2 Å². The molecule has 10 heteroatoms. The Morgan fingerprint density at radius 1 is 1.00 bits per heavy atom. The smallest absolute Gasteiger partial charge is 0.303 e. The lowest BCUT2D eigenvalue weighted by Gasteiger charge is -2.24. The van der Waals surface area contributed by atoms with Gasteiger partial charge in [-0.2, -0.15) is 0 Å². The van der Waals surface area contributed by atoms with Crippen molar-refractivity contribution in [2.24, 2.45) is 0 Å². The number of rotatable bonds is 6. The molecule has 0 radical (unpaired) electrons. The first kappa shape index (κ1) is 22.7. The molecule has 4 atom stereocenters. The number of esters is 2. The lowest BCUT2D eigenvalue weighted by atomic mass is 9.97. The highest BCUT2D eigenvalue weighted by Gasteiger charge is 2.50. The van der Waals surface area contributed by atoms with Gasteiger partial charge in [0.05, 0.1) is 6.33 Å². The van der Waals surface area contributed by atoms with Crippen LogP contribution in [0.15, 0.2) is 55.1 Å². The Kier molecular flexibility index (Phi) is 6.04. The second-order valence-corrected chi connectivity index (χ2v) is 8.47. The topological polar surface area (TPSA) is 131 Å². The number of imidazole rings is 1. The van der Waals surface area contributed by atoms with Crippen LogP contribution in [0.2, 0.25) is 0 Å². The first-order chi connectivity index (χ1) is 16.9. The molecule has 0 aliphatic carbocycles. The highest BCUT2D eigenvalue weighted by atomic mass is 16.6. The minimum atomic E-state index is -0.900. The number of hydrogen-bond acceptors (Lipinski definition) is 9. The molecule has 2 N–H and O–H groups in total. The van der Waals surface area contributed by atoms with Crippen molar-refractivity contribution in [2.45, 2.75) is 51.2 Å². The number of nitrogens with zero attached hydrogens (tertiary/aromatic N) is 4. The number of aryl methyl sites for hydroxylation is 1. The molecule has 1 aliphatic heterocycles. The summed E-state index contributed by atoms with van der Waals surface area (Å²) in [6.07, 6.45) is 0.967. The van der Waals surface area contributed by atoms with Crippen LogP contribution < -0.4 is 5.73 Å². The molecule has 1 aliphatic rings. The van der Waals surface area contributed by atoms with Crippen LogP contribution in [-0.4, -0.2) is 49.8 Å². The van der Waals surface area contributed by atoms with E-state index in [4.69, 9.17) is 19.9 Å². The largest absolute Gasteiger partial charge is 0.456 e. The number of benzene rings is 2. The van der Waals surface area contributed by atoms with Gasteiger partial charge in [-0.15, -0.1) is 0 Å². The van der Waals surface area contributed by atoms with E-state index in [9.17, 15) is 9.59 Å². The zero-order valence-electron chi connectivity index (χ0n) is 19.3.